The Morgan fingerprint density at radius 3 is 2.40 bits per heavy atom. The molecule has 2 aromatic carbocycles. The van der Waals surface area contributed by atoms with Gasteiger partial charge < -0.3 is 9.84 Å². The SMILES string of the molecule is C=C(O)CNC(CC)Oc1ccccc1-c1ccccc1C(=O)CC. The highest BCUT2D eigenvalue weighted by atomic mass is 16.5. The van der Waals surface area contributed by atoms with Crippen molar-refractivity contribution in [3.8, 4) is 16.9 Å². The number of carbonyl (C=O) groups excluding carboxylic acids is 1. The van der Waals surface area contributed by atoms with Crippen LogP contribution < -0.4 is 10.1 Å². The fourth-order valence-electron chi connectivity index (χ4n) is 2.60. The average Bonchev–Trinajstić information content (AvgIpc) is 2.64. The molecule has 1 atom stereocenters. The number of ketones is 1. The van der Waals surface area contributed by atoms with Crippen LogP contribution >= 0.6 is 0 Å². The number of para-hydroxylation sites is 1. The van der Waals surface area contributed by atoms with Crippen LogP contribution in [0, 0.1) is 0 Å². The summed E-state index contributed by atoms with van der Waals surface area (Å²) in [4.78, 5) is 12.3. The zero-order valence-electron chi connectivity index (χ0n) is 14.8. The molecule has 0 aliphatic rings. The second kappa shape index (κ2) is 9.04. The van der Waals surface area contributed by atoms with Crippen LogP contribution in [0.4, 0.5) is 0 Å². The van der Waals surface area contributed by atoms with Crippen molar-refractivity contribution < 1.29 is 14.6 Å². The smallest absolute Gasteiger partial charge is 0.163 e. The largest absolute Gasteiger partial charge is 0.512 e. The molecule has 0 bridgehead atoms. The first-order valence-corrected chi connectivity index (χ1v) is 8.55. The topological polar surface area (TPSA) is 58.6 Å². The van der Waals surface area contributed by atoms with Gasteiger partial charge in [0.15, 0.2) is 5.78 Å². The Morgan fingerprint density at radius 1 is 1.12 bits per heavy atom. The average molecular weight is 339 g/mol. The monoisotopic (exact) mass is 339 g/mol. The summed E-state index contributed by atoms with van der Waals surface area (Å²) in [7, 11) is 0. The van der Waals surface area contributed by atoms with Crippen molar-refractivity contribution in [3.05, 3.63) is 66.4 Å². The van der Waals surface area contributed by atoms with Gasteiger partial charge in [-0.1, -0.05) is 62.9 Å². The number of rotatable bonds is 9. The van der Waals surface area contributed by atoms with E-state index in [9.17, 15) is 9.90 Å². The zero-order valence-corrected chi connectivity index (χ0v) is 14.8. The maximum Gasteiger partial charge on any atom is 0.163 e. The van der Waals surface area contributed by atoms with E-state index < -0.39 is 0 Å². The summed E-state index contributed by atoms with van der Waals surface area (Å²) in [5.41, 5.74) is 2.44. The third-order valence-electron chi connectivity index (χ3n) is 3.90. The minimum atomic E-state index is -0.265. The number of aliphatic hydroxyl groups excluding tert-OH is 1. The predicted octanol–water partition coefficient (Wildman–Crippen LogP) is 4.72. The van der Waals surface area contributed by atoms with Gasteiger partial charge in [0.05, 0.1) is 12.3 Å². The van der Waals surface area contributed by atoms with E-state index in [-0.39, 0.29) is 24.3 Å². The van der Waals surface area contributed by atoms with Gasteiger partial charge in [-0.2, -0.15) is 0 Å². The molecule has 0 heterocycles. The maximum atomic E-state index is 12.3. The molecule has 4 nitrogen and oxygen atoms in total. The van der Waals surface area contributed by atoms with Gasteiger partial charge in [-0.15, -0.1) is 0 Å². The number of carbonyl (C=O) groups is 1. The van der Waals surface area contributed by atoms with Crippen LogP contribution in [-0.4, -0.2) is 23.7 Å². The molecule has 0 aliphatic carbocycles. The summed E-state index contributed by atoms with van der Waals surface area (Å²) < 4.78 is 6.09. The molecule has 2 N–H and O–H groups in total. The van der Waals surface area contributed by atoms with Gasteiger partial charge in [0.2, 0.25) is 0 Å². The van der Waals surface area contributed by atoms with Gasteiger partial charge in [-0.05, 0) is 18.1 Å². The van der Waals surface area contributed by atoms with Crippen LogP contribution in [0.15, 0.2) is 60.9 Å². The highest BCUT2D eigenvalue weighted by Crippen LogP contribution is 2.33. The molecular weight excluding hydrogens is 314 g/mol. The Balaban J connectivity index is 2.35. The molecule has 132 valence electrons. The Morgan fingerprint density at radius 2 is 1.76 bits per heavy atom. The number of aliphatic hydroxyl groups is 1. The van der Waals surface area contributed by atoms with Crippen molar-refractivity contribution >= 4 is 5.78 Å². The Hall–Kier alpha value is -2.59. The summed E-state index contributed by atoms with van der Waals surface area (Å²) in [6.45, 7) is 7.60. The summed E-state index contributed by atoms with van der Waals surface area (Å²) in [5.74, 6) is 0.864. The molecule has 1 unspecified atom stereocenters. The minimum absolute atomic E-state index is 0.0641. The van der Waals surface area contributed by atoms with Crippen LogP contribution in [0.3, 0.4) is 0 Å². The van der Waals surface area contributed by atoms with Gasteiger partial charge in [0.25, 0.3) is 0 Å². The highest BCUT2D eigenvalue weighted by Gasteiger charge is 2.16. The number of nitrogens with one attached hydrogen (secondary N) is 1. The van der Waals surface area contributed by atoms with Gasteiger partial charge in [-0.25, -0.2) is 0 Å². The molecule has 25 heavy (non-hydrogen) atoms. The molecule has 2 rings (SSSR count). The van der Waals surface area contributed by atoms with Gasteiger partial charge in [0, 0.05) is 17.5 Å². The van der Waals surface area contributed by atoms with Gasteiger partial charge in [-0.3, -0.25) is 10.1 Å². The molecule has 0 aliphatic heterocycles. The molecule has 0 aromatic heterocycles. The fraction of sp³-hybridized carbons (Fsp3) is 0.286. The summed E-state index contributed by atoms with van der Waals surface area (Å²) in [6, 6.07) is 15.3. The molecule has 4 heteroatoms. The molecule has 0 spiro atoms. The predicted molar refractivity (Wildman–Crippen MR) is 101 cm³/mol. The van der Waals surface area contributed by atoms with Crippen molar-refractivity contribution in [2.75, 3.05) is 6.54 Å². The second-order valence-corrected chi connectivity index (χ2v) is 5.78. The van der Waals surface area contributed by atoms with Crippen LogP contribution in [0.1, 0.15) is 37.0 Å². The number of hydrogen-bond acceptors (Lipinski definition) is 4. The molecule has 0 fully saturated rings. The lowest BCUT2D eigenvalue weighted by Crippen LogP contribution is -2.35. The standard InChI is InChI=1S/C21H25NO3/c1-4-19(24)17-11-7-6-10-16(17)18-12-8-9-13-20(18)25-21(5-2)22-14-15(3)23/h6-13,21-23H,3-5,14H2,1-2H3. The van der Waals surface area contributed by atoms with Crippen LogP contribution in [0.5, 0.6) is 5.75 Å². The van der Waals surface area contributed by atoms with Crippen LogP contribution in [0.2, 0.25) is 0 Å². The van der Waals surface area contributed by atoms with E-state index >= 15 is 0 Å². The van der Waals surface area contributed by atoms with E-state index in [4.69, 9.17) is 4.74 Å². The summed E-state index contributed by atoms with van der Waals surface area (Å²) in [6.07, 6.45) is 0.911. The number of ether oxygens (including phenoxy) is 1. The summed E-state index contributed by atoms with van der Waals surface area (Å²) >= 11 is 0. The normalized spacial score (nSPS) is 11.8. The lowest BCUT2D eigenvalue weighted by molar-refractivity contribution is 0.0989. The second-order valence-electron chi connectivity index (χ2n) is 5.78. The van der Waals surface area contributed by atoms with Crippen molar-refractivity contribution in [3.63, 3.8) is 0 Å². The van der Waals surface area contributed by atoms with E-state index in [0.29, 0.717) is 17.7 Å². The van der Waals surface area contributed by atoms with Crippen LogP contribution in [-0.2, 0) is 0 Å². The summed E-state index contributed by atoms with van der Waals surface area (Å²) in [5, 5.41) is 12.4. The van der Waals surface area contributed by atoms with Gasteiger partial charge in [0.1, 0.15) is 12.0 Å². The molecule has 0 saturated heterocycles. The molecule has 0 saturated carbocycles. The van der Waals surface area contributed by atoms with Crippen LogP contribution in [0.25, 0.3) is 11.1 Å². The van der Waals surface area contributed by atoms with E-state index in [1.807, 2.05) is 62.4 Å². The molecular formula is C21H25NO3. The Kier molecular flexibility index (Phi) is 6.78. The van der Waals surface area contributed by atoms with E-state index in [1.54, 1.807) is 0 Å². The lowest BCUT2D eigenvalue weighted by Gasteiger charge is -2.21. The molecule has 2 aromatic rings. The molecule has 0 amide bonds. The Labute approximate surface area is 149 Å². The van der Waals surface area contributed by atoms with Crippen molar-refractivity contribution in [1.29, 1.82) is 0 Å². The zero-order chi connectivity index (χ0) is 18.2. The number of Topliss-reactive ketones (excluding diaryl/α,β-unsaturated/α-hetero) is 1. The third-order valence-corrected chi connectivity index (χ3v) is 3.90. The number of hydrogen-bond donors (Lipinski definition) is 2. The lowest BCUT2D eigenvalue weighted by atomic mass is 9.95. The van der Waals surface area contributed by atoms with E-state index in [0.717, 1.165) is 17.5 Å². The first kappa shape index (κ1) is 18.7. The first-order valence-electron chi connectivity index (χ1n) is 8.55. The third kappa shape index (κ3) is 4.94. The van der Waals surface area contributed by atoms with E-state index in [2.05, 4.69) is 11.9 Å². The quantitative estimate of drug-likeness (QED) is 0.394. The minimum Gasteiger partial charge on any atom is -0.512 e. The van der Waals surface area contributed by atoms with Crippen molar-refractivity contribution in [2.45, 2.75) is 32.9 Å². The molecule has 0 radical (unpaired) electrons. The first-order chi connectivity index (χ1) is 12.1. The highest BCUT2D eigenvalue weighted by molar-refractivity contribution is 6.02. The van der Waals surface area contributed by atoms with Crippen molar-refractivity contribution in [1.82, 2.24) is 5.32 Å². The van der Waals surface area contributed by atoms with Crippen molar-refractivity contribution in [2.24, 2.45) is 0 Å². The maximum absolute atomic E-state index is 12.3. The number of benzene rings is 2. The Bertz CT molecular complexity index is 739. The fourth-order valence-corrected chi connectivity index (χ4v) is 2.60. The van der Waals surface area contributed by atoms with Gasteiger partial charge >= 0.3 is 0 Å². The van der Waals surface area contributed by atoms with E-state index in [1.165, 1.54) is 0 Å².